The molecule has 1 unspecified atom stereocenters. The fourth-order valence-electron chi connectivity index (χ4n) is 10.2. The molecule has 0 aromatic carbocycles. The molecule has 0 aliphatic heterocycles. The van der Waals surface area contributed by atoms with Crippen molar-refractivity contribution in [2.24, 2.45) is 0 Å². The van der Waals surface area contributed by atoms with E-state index in [9.17, 15) is 14.4 Å². The normalized spacial score (nSPS) is 12.7. The first-order valence-corrected chi connectivity index (χ1v) is 35.7. The third-order valence-electron chi connectivity index (χ3n) is 15.5. The topological polar surface area (TPSA) is 78.9 Å². The van der Waals surface area contributed by atoms with Crippen LogP contribution in [0.4, 0.5) is 0 Å². The van der Waals surface area contributed by atoms with E-state index in [0.717, 1.165) is 116 Å². The highest BCUT2D eigenvalue weighted by molar-refractivity contribution is 5.71. The highest BCUT2D eigenvalue weighted by atomic mass is 16.6. The van der Waals surface area contributed by atoms with Gasteiger partial charge in [0.1, 0.15) is 13.2 Å². The quantitative estimate of drug-likeness (QED) is 0.0261. The first kappa shape index (κ1) is 79.3. The smallest absolute Gasteiger partial charge is 0.306 e. The minimum absolute atomic E-state index is 0.0885. The summed E-state index contributed by atoms with van der Waals surface area (Å²) < 4.78 is 16.9. The standard InChI is InChI=1S/C77H134O6/c1-4-7-10-13-16-19-22-24-26-28-30-32-34-35-36-37-38-39-40-41-43-44-46-48-50-52-55-58-61-64-67-70-76(79)82-73-74(72-81-75(78)69-66-63-60-57-54-21-18-15-12-9-6-3)83-77(80)71-68-65-62-59-56-53-51-49-47-45-42-33-31-29-27-25-23-20-17-14-11-8-5-2/h8,11,15,17-18,20,25,27-28,30-31,33,45,47,51,53,74H,4-7,9-10,12-14,16,19,21-24,26,29,32,34-44,46,48-50,52,54-73H2,1-3H3/b11-8-,18-15-,20-17-,27-25-,30-28-,33-31-,47-45-,53-51-. The molecule has 0 spiro atoms. The summed E-state index contributed by atoms with van der Waals surface area (Å²) in [6.07, 6.45) is 96.0. The second-order valence-corrected chi connectivity index (χ2v) is 23.8. The highest BCUT2D eigenvalue weighted by Crippen LogP contribution is 2.17. The maximum absolute atomic E-state index is 12.9. The zero-order valence-electron chi connectivity index (χ0n) is 54.9. The summed E-state index contributed by atoms with van der Waals surface area (Å²) in [5.74, 6) is -0.911. The van der Waals surface area contributed by atoms with Crippen LogP contribution in [0.25, 0.3) is 0 Å². The number of carbonyl (C=O) groups is 3. The summed E-state index contributed by atoms with van der Waals surface area (Å²) in [4.78, 5) is 38.4. The molecule has 0 aromatic heterocycles. The Bertz CT molecular complexity index is 1610. The van der Waals surface area contributed by atoms with Crippen LogP contribution in [0.2, 0.25) is 0 Å². The van der Waals surface area contributed by atoms with E-state index in [1.54, 1.807) is 0 Å². The lowest BCUT2D eigenvalue weighted by Crippen LogP contribution is -2.30. The van der Waals surface area contributed by atoms with Crippen LogP contribution in [-0.2, 0) is 28.6 Å². The number of carbonyl (C=O) groups excluding carboxylic acids is 3. The maximum Gasteiger partial charge on any atom is 0.306 e. The Morgan fingerprint density at radius 3 is 0.783 bits per heavy atom. The van der Waals surface area contributed by atoms with E-state index < -0.39 is 6.10 Å². The summed E-state index contributed by atoms with van der Waals surface area (Å²) in [5.41, 5.74) is 0. The van der Waals surface area contributed by atoms with Gasteiger partial charge in [0.05, 0.1) is 0 Å². The van der Waals surface area contributed by atoms with Gasteiger partial charge in [-0.2, -0.15) is 0 Å². The summed E-state index contributed by atoms with van der Waals surface area (Å²) in [5, 5.41) is 0. The third-order valence-corrected chi connectivity index (χ3v) is 15.5. The number of ether oxygens (including phenoxy) is 3. The summed E-state index contributed by atoms with van der Waals surface area (Å²) >= 11 is 0. The number of hydrogen-bond donors (Lipinski definition) is 0. The van der Waals surface area contributed by atoms with E-state index in [0.29, 0.717) is 19.3 Å². The van der Waals surface area contributed by atoms with Crippen molar-refractivity contribution in [2.75, 3.05) is 13.2 Å². The Hall–Kier alpha value is -3.67. The predicted octanol–water partition coefficient (Wildman–Crippen LogP) is 24.8. The van der Waals surface area contributed by atoms with Crippen LogP contribution in [-0.4, -0.2) is 37.2 Å². The van der Waals surface area contributed by atoms with E-state index >= 15 is 0 Å². The van der Waals surface area contributed by atoms with Crippen LogP contribution in [0.15, 0.2) is 97.2 Å². The van der Waals surface area contributed by atoms with E-state index in [2.05, 4.69) is 118 Å². The van der Waals surface area contributed by atoms with Gasteiger partial charge in [0.25, 0.3) is 0 Å². The van der Waals surface area contributed by atoms with Crippen molar-refractivity contribution in [2.45, 2.75) is 361 Å². The molecule has 6 nitrogen and oxygen atoms in total. The van der Waals surface area contributed by atoms with Crippen LogP contribution < -0.4 is 0 Å². The minimum Gasteiger partial charge on any atom is -0.462 e. The first-order valence-electron chi connectivity index (χ1n) is 35.7. The Morgan fingerprint density at radius 2 is 0.482 bits per heavy atom. The summed E-state index contributed by atoms with van der Waals surface area (Å²) in [6.45, 7) is 6.50. The Balaban J connectivity index is 4.21. The average Bonchev–Trinajstić information content (AvgIpc) is 3.48. The molecule has 6 heteroatoms. The molecule has 0 saturated heterocycles. The Labute approximate surface area is 515 Å². The second kappa shape index (κ2) is 70.8. The zero-order valence-corrected chi connectivity index (χ0v) is 54.9. The van der Waals surface area contributed by atoms with Gasteiger partial charge >= 0.3 is 17.9 Å². The van der Waals surface area contributed by atoms with Crippen LogP contribution in [0.5, 0.6) is 0 Å². The van der Waals surface area contributed by atoms with Gasteiger partial charge in [-0.3, -0.25) is 14.4 Å². The zero-order chi connectivity index (χ0) is 59.9. The predicted molar refractivity (Wildman–Crippen MR) is 362 cm³/mol. The van der Waals surface area contributed by atoms with Gasteiger partial charge in [0, 0.05) is 19.3 Å². The van der Waals surface area contributed by atoms with Crippen LogP contribution >= 0.6 is 0 Å². The van der Waals surface area contributed by atoms with Crippen molar-refractivity contribution in [1.29, 1.82) is 0 Å². The average molecular weight is 1160 g/mol. The maximum atomic E-state index is 12.9. The molecule has 0 aromatic rings. The molecule has 0 amide bonds. The van der Waals surface area contributed by atoms with Gasteiger partial charge < -0.3 is 14.2 Å². The molecule has 0 fully saturated rings. The number of rotatable bonds is 65. The lowest BCUT2D eigenvalue weighted by atomic mass is 10.0. The van der Waals surface area contributed by atoms with Gasteiger partial charge in [0.2, 0.25) is 0 Å². The number of unbranched alkanes of at least 4 members (excludes halogenated alkanes) is 38. The molecular weight excluding hydrogens is 1020 g/mol. The summed E-state index contributed by atoms with van der Waals surface area (Å²) in [7, 11) is 0. The monoisotopic (exact) mass is 1160 g/mol. The number of esters is 3. The van der Waals surface area contributed by atoms with Crippen LogP contribution in [0.3, 0.4) is 0 Å². The SMILES string of the molecule is CC/C=C\C/C=C\C/C=C\C/C=C\C/C=C\C/C=C\CCCCCCC(=O)OC(COC(=O)CCCCCCC/C=C\CCCC)COC(=O)CCCCCCCCCCCCCCCCCCCCC/C=C\CCCCCCCCCC. The fraction of sp³-hybridized carbons (Fsp3) is 0.753. The van der Waals surface area contributed by atoms with Crippen LogP contribution in [0, 0.1) is 0 Å². The molecule has 0 aliphatic rings. The van der Waals surface area contributed by atoms with Gasteiger partial charge in [-0.05, 0) is 116 Å². The summed E-state index contributed by atoms with van der Waals surface area (Å²) in [6, 6.07) is 0. The molecule has 0 bridgehead atoms. The molecule has 83 heavy (non-hydrogen) atoms. The molecule has 0 radical (unpaired) electrons. The van der Waals surface area contributed by atoms with Crippen LogP contribution in [0.1, 0.15) is 355 Å². The molecular formula is C77H134O6. The molecule has 0 aliphatic carbocycles. The van der Waals surface area contributed by atoms with Gasteiger partial charge in [-0.25, -0.2) is 0 Å². The van der Waals surface area contributed by atoms with Crippen molar-refractivity contribution in [3.05, 3.63) is 97.2 Å². The van der Waals surface area contributed by atoms with E-state index in [1.165, 1.54) is 199 Å². The molecule has 0 N–H and O–H groups in total. The van der Waals surface area contributed by atoms with Gasteiger partial charge in [-0.1, -0.05) is 317 Å². The first-order chi connectivity index (χ1) is 41.0. The largest absolute Gasteiger partial charge is 0.462 e. The van der Waals surface area contributed by atoms with Gasteiger partial charge in [-0.15, -0.1) is 0 Å². The van der Waals surface area contributed by atoms with Crippen molar-refractivity contribution in [1.82, 2.24) is 0 Å². The van der Waals surface area contributed by atoms with Crippen molar-refractivity contribution in [3.63, 3.8) is 0 Å². The highest BCUT2D eigenvalue weighted by Gasteiger charge is 2.19. The lowest BCUT2D eigenvalue weighted by molar-refractivity contribution is -0.167. The lowest BCUT2D eigenvalue weighted by Gasteiger charge is -2.18. The van der Waals surface area contributed by atoms with E-state index in [1.807, 2.05) is 0 Å². The Morgan fingerprint density at radius 1 is 0.253 bits per heavy atom. The van der Waals surface area contributed by atoms with E-state index in [4.69, 9.17) is 14.2 Å². The van der Waals surface area contributed by atoms with Crippen molar-refractivity contribution < 1.29 is 28.6 Å². The van der Waals surface area contributed by atoms with Crippen molar-refractivity contribution >= 4 is 17.9 Å². The minimum atomic E-state index is -0.796. The number of allylic oxidation sites excluding steroid dienone is 16. The molecule has 478 valence electrons. The molecule has 0 rings (SSSR count). The van der Waals surface area contributed by atoms with Gasteiger partial charge in [0.15, 0.2) is 6.10 Å². The third kappa shape index (κ3) is 69.0. The molecule has 0 saturated carbocycles. The fourth-order valence-corrected chi connectivity index (χ4v) is 10.2. The number of hydrogen-bond acceptors (Lipinski definition) is 6. The Kier molecular flexibility index (Phi) is 67.7. The van der Waals surface area contributed by atoms with Crippen molar-refractivity contribution in [3.8, 4) is 0 Å². The molecule has 0 heterocycles. The second-order valence-electron chi connectivity index (χ2n) is 23.8. The molecule has 1 atom stereocenters. The van der Waals surface area contributed by atoms with E-state index in [-0.39, 0.29) is 31.1 Å².